The highest BCUT2D eigenvalue weighted by molar-refractivity contribution is 6.12. The molecule has 2 aliphatic heterocycles. The molecule has 0 bridgehead atoms. The second-order valence-electron chi connectivity index (χ2n) is 14.7. The SMILES string of the molecule is CC1(C)CCC(Cc2cc(O)c(C3=CCN=C3)c(=O)[nH]2)CC1.CC1(C)CCC(Cc2cc(O)c(C3=NCC=C3)c(=O)[nH]2)CC1. The van der Waals surface area contributed by atoms with Crippen LogP contribution >= 0.6 is 0 Å². The van der Waals surface area contributed by atoms with E-state index in [9.17, 15) is 19.8 Å². The zero-order valence-electron chi connectivity index (χ0n) is 26.7. The zero-order chi connectivity index (χ0) is 31.5. The topological polar surface area (TPSA) is 131 Å². The largest absolute Gasteiger partial charge is 0.507 e. The molecule has 2 aromatic rings. The van der Waals surface area contributed by atoms with Crippen molar-refractivity contribution in [1.82, 2.24) is 9.97 Å². The number of rotatable bonds is 6. The summed E-state index contributed by atoms with van der Waals surface area (Å²) in [5.74, 6) is 1.30. The zero-order valence-corrected chi connectivity index (χ0v) is 26.7. The van der Waals surface area contributed by atoms with Gasteiger partial charge in [0.15, 0.2) is 0 Å². The van der Waals surface area contributed by atoms with E-state index in [-0.39, 0.29) is 22.6 Å². The van der Waals surface area contributed by atoms with E-state index < -0.39 is 0 Å². The third-order valence-electron chi connectivity index (χ3n) is 9.91. The number of H-pyrrole nitrogens is 2. The Morgan fingerprint density at radius 2 is 1.27 bits per heavy atom. The van der Waals surface area contributed by atoms with Crippen LogP contribution < -0.4 is 11.1 Å². The number of hydrogen-bond donors (Lipinski definition) is 4. The molecule has 2 saturated carbocycles. The van der Waals surface area contributed by atoms with Crippen LogP contribution in [0.15, 0.2) is 49.9 Å². The molecule has 8 nitrogen and oxygen atoms in total. The van der Waals surface area contributed by atoms with Crippen LogP contribution in [0.5, 0.6) is 11.5 Å². The van der Waals surface area contributed by atoms with Gasteiger partial charge in [-0.3, -0.25) is 19.6 Å². The van der Waals surface area contributed by atoms with Crippen LogP contribution in [0.3, 0.4) is 0 Å². The maximum atomic E-state index is 12.3. The van der Waals surface area contributed by atoms with Gasteiger partial charge >= 0.3 is 0 Å². The predicted octanol–water partition coefficient (Wildman–Crippen LogP) is 6.51. The number of hydrogen-bond acceptors (Lipinski definition) is 6. The number of aromatic nitrogens is 2. The Morgan fingerprint density at radius 1 is 0.773 bits per heavy atom. The molecule has 44 heavy (non-hydrogen) atoms. The average molecular weight is 601 g/mol. The second-order valence-corrected chi connectivity index (χ2v) is 14.7. The van der Waals surface area contributed by atoms with Crippen molar-refractivity contribution in [3.63, 3.8) is 0 Å². The summed E-state index contributed by atoms with van der Waals surface area (Å²) in [4.78, 5) is 38.7. The smallest absolute Gasteiger partial charge is 0.261 e. The summed E-state index contributed by atoms with van der Waals surface area (Å²) in [7, 11) is 0. The van der Waals surface area contributed by atoms with Crippen LogP contribution in [-0.2, 0) is 12.8 Å². The molecule has 0 radical (unpaired) electrons. The van der Waals surface area contributed by atoms with Gasteiger partial charge in [0.2, 0.25) is 0 Å². The van der Waals surface area contributed by atoms with Gasteiger partial charge in [0.05, 0.1) is 24.4 Å². The summed E-state index contributed by atoms with van der Waals surface area (Å²) in [6.07, 6.45) is 18.5. The number of nitrogens with zero attached hydrogens (tertiary/aromatic N) is 2. The molecule has 0 unspecified atom stereocenters. The van der Waals surface area contributed by atoms with Crippen LogP contribution in [-0.4, -0.2) is 45.2 Å². The van der Waals surface area contributed by atoms with Gasteiger partial charge in [0.25, 0.3) is 11.1 Å². The van der Waals surface area contributed by atoms with Crippen molar-refractivity contribution < 1.29 is 10.2 Å². The molecule has 2 aliphatic carbocycles. The first-order valence-electron chi connectivity index (χ1n) is 16.2. The average Bonchev–Trinajstić information content (AvgIpc) is 3.66. The molecule has 236 valence electrons. The Bertz CT molecular complexity index is 1470. The van der Waals surface area contributed by atoms with E-state index in [1.165, 1.54) is 51.4 Å². The van der Waals surface area contributed by atoms with Crippen molar-refractivity contribution in [2.45, 2.75) is 91.9 Å². The number of allylic oxidation sites excluding steroid dienone is 2. The molecule has 0 aromatic carbocycles. The lowest BCUT2D eigenvalue weighted by molar-refractivity contribution is 0.190. The molecule has 6 rings (SSSR count). The van der Waals surface area contributed by atoms with Crippen molar-refractivity contribution in [1.29, 1.82) is 0 Å². The molecule has 2 aromatic heterocycles. The summed E-state index contributed by atoms with van der Waals surface area (Å²) >= 11 is 0. The Kier molecular flexibility index (Phi) is 9.47. The molecule has 0 saturated heterocycles. The van der Waals surface area contributed by atoms with E-state index in [1.807, 2.05) is 12.2 Å². The molecular weight excluding hydrogens is 552 g/mol. The van der Waals surface area contributed by atoms with Gasteiger partial charge in [0.1, 0.15) is 17.1 Å². The van der Waals surface area contributed by atoms with Crippen molar-refractivity contribution in [2.24, 2.45) is 32.7 Å². The third-order valence-corrected chi connectivity index (χ3v) is 9.91. The Balaban J connectivity index is 0.000000175. The van der Waals surface area contributed by atoms with Crippen molar-refractivity contribution in [2.75, 3.05) is 13.1 Å². The Morgan fingerprint density at radius 3 is 1.68 bits per heavy atom. The van der Waals surface area contributed by atoms with Gasteiger partial charge in [-0.05, 0) is 93.0 Å². The number of pyridine rings is 2. The maximum Gasteiger partial charge on any atom is 0.261 e. The summed E-state index contributed by atoms with van der Waals surface area (Å²) in [6, 6.07) is 3.41. The molecule has 8 heteroatoms. The lowest BCUT2D eigenvalue weighted by Crippen LogP contribution is -2.24. The third kappa shape index (κ3) is 7.88. The van der Waals surface area contributed by atoms with E-state index >= 15 is 0 Å². The van der Waals surface area contributed by atoms with E-state index in [1.54, 1.807) is 24.4 Å². The van der Waals surface area contributed by atoms with Gasteiger partial charge in [0, 0.05) is 35.3 Å². The Labute approximate surface area is 260 Å². The van der Waals surface area contributed by atoms with Crippen molar-refractivity contribution >= 4 is 17.5 Å². The van der Waals surface area contributed by atoms with Crippen LogP contribution in [0.1, 0.15) is 102 Å². The summed E-state index contributed by atoms with van der Waals surface area (Å²) < 4.78 is 0. The predicted molar refractivity (Wildman–Crippen MR) is 178 cm³/mol. The quantitative estimate of drug-likeness (QED) is 0.301. The highest BCUT2D eigenvalue weighted by Crippen LogP contribution is 2.40. The lowest BCUT2D eigenvalue weighted by Gasteiger charge is -2.34. The summed E-state index contributed by atoms with van der Waals surface area (Å²) in [5.41, 5.74) is 4.03. The Hall–Kier alpha value is -3.68. The first-order chi connectivity index (χ1) is 20.9. The number of aromatic amines is 2. The minimum atomic E-state index is -0.239. The van der Waals surface area contributed by atoms with Gasteiger partial charge < -0.3 is 20.2 Å². The highest BCUT2D eigenvalue weighted by Gasteiger charge is 2.28. The van der Waals surface area contributed by atoms with E-state index in [0.717, 1.165) is 24.2 Å². The fourth-order valence-electron chi connectivity index (χ4n) is 6.94. The number of aliphatic imine (C=N–C) groups is 2. The second kappa shape index (κ2) is 13.1. The molecule has 0 atom stereocenters. The molecule has 0 spiro atoms. The number of nitrogens with one attached hydrogen (secondary N) is 2. The molecule has 4 aliphatic rings. The van der Waals surface area contributed by atoms with Crippen LogP contribution in [0.25, 0.3) is 5.57 Å². The normalized spacial score (nSPS) is 21.1. The molecule has 0 amide bonds. The minimum Gasteiger partial charge on any atom is -0.507 e. The van der Waals surface area contributed by atoms with E-state index in [0.29, 0.717) is 58.2 Å². The lowest BCUT2D eigenvalue weighted by atomic mass is 9.72. The van der Waals surface area contributed by atoms with Crippen LogP contribution in [0.2, 0.25) is 0 Å². The van der Waals surface area contributed by atoms with Gasteiger partial charge in [-0.2, -0.15) is 0 Å². The number of aromatic hydroxyl groups is 2. The summed E-state index contributed by atoms with van der Waals surface area (Å²) in [6.45, 7) is 10.4. The first kappa shape index (κ1) is 31.7. The monoisotopic (exact) mass is 600 g/mol. The molecule has 2 fully saturated rings. The fourth-order valence-corrected chi connectivity index (χ4v) is 6.94. The van der Waals surface area contributed by atoms with Crippen molar-refractivity contribution in [3.8, 4) is 11.5 Å². The fraction of sp³-hybridized carbons (Fsp3) is 0.556. The summed E-state index contributed by atoms with van der Waals surface area (Å²) in [5, 5.41) is 20.4. The first-order valence-corrected chi connectivity index (χ1v) is 16.2. The van der Waals surface area contributed by atoms with E-state index in [4.69, 9.17) is 0 Å². The standard InChI is InChI=1S/2C18H24N2O2/c1-18(2)6-3-12(4-7-18)9-14-10-15(21)16(17(22)20-14)13-5-8-19-11-13;1-18(2)7-5-12(6-8-18)10-13-11-15(21)16(17(22)20-13)14-4-3-9-19-14/h5,10-12H,3-4,6-9H2,1-2H3,(H2,20,21,22);3-4,11-12H,5-10H2,1-2H3,(H2,20,21,22). The van der Waals surface area contributed by atoms with Crippen LogP contribution in [0.4, 0.5) is 0 Å². The van der Waals surface area contributed by atoms with Crippen LogP contribution in [0, 0.1) is 22.7 Å². The molecule has 4 heterocycles. The molecule has 4 N–H and O–H groups in total. The molecular formula is C36H48N4O4. The van der Waals surface area contributed by atoms with E-state index in [2.05, 4.69) is 47.6 Å². The van der Waals surface area contributed by atoms with Gasteiger partial charge in [-0.15, -0.1) is 0 Å². The maximum absolute atomic E-state index is 12.3. The van der Waals surface area contributed by atoms with Crippen molar-refractivity contribution in [3.05, 3.63) is 73.6 Å². The minimum absolute atomic E-state index is 0.0418. The van der Waals surface area contributed by atoms with Gasteiger partial charge in [-0.25, -0.2) is 0 Å². The highest BCUT2D eigenvalue weighted by atomic mass is 16.3. The van der Waals surface area contributed by atoms with Gasteiger partial charge in [-0.1, -0.05) is 39.8 Å².